The zero-order valence-electron chi connectivity index (χ0n) is 16.6. The van der Waals surface area contributed by atoms with Crippen LogP contribution in [0.1, 0.15) is 11.1 Å². The molecule has 2 aromatic carbocycles. The highest BCUT2D eigenvalue weighted by atomic mass is 19.1. The highest BCUT2D eigenvalue weighted by Crippen LogP contribution is 2.41. The van der Waals surface area contributed by atoms with Crippen molar-refractivity contribution in [1.29, 1.82) is 0 Å². The normalized spacial score (nSPS) is 18.7. The average Bonchev–Trinajstić information content (AvgIpc) is 3.10. The van der Waals surface area contributed by atoms with Gasteiger partial charge in [0.1, 0.15) is 17.2 Å². The molecule has 2 N–H and O–H groups in total. The third-order valence-electron chi connectivity index (χ3n) is 4.97. The molecule has 0 aromatic heterocycles. The smallest absolute Gasteiger partial charge is 0.320 e. The Labute approximate surface area is 169 Å². The number of nitrogens with two attached hydrogens (primary N) is 1. The molecule has 1 heterocycles. The van der Waals surface area contributed by atoms with Crippen molar-refractivity contribution >= 4 is 11.6 Å². The Kier molecular flexibility index (Phi) is 6.30. The first kappa shape index (κ1) is 21.0. The number of ether oxygens (including phenoxy) is 1. The molecular formula is C22H25F2N3O2. The van der Waals surface area contributed by atoms with Gasteiger partial charge in [-0.3, -0.25) is 0 Å². The molecule has 0 saturated carbocycles. The summed E-state index contributed by atoms with van der Waals surface area (Å²) < 4.78 is 34.1. The molecule has 0 bridgehead atoms. The summed E-state index contributed by atoms with van der Waals surface area (Å²) in [4.78, 5) is 16.1. The van der Waals surface area contributed by atoms with Crippen molar-refractivity contribution in [3.63, 3.8) is 0 Å². The lowest BCUT2D eigenvalue weighted by Crippen LogP contribution is -2.52. The van der Waals surface area contributed by atoms with E-state index in [4.69, 9.17) is 10.5 Å². The molecule has 1 unspecified atom stereocenters. The molecular weight excluding hydrogens is 376 g/mol. The Bertz CT molecular complexity index is 902. The molecule has 1 aliphatic rings. The minimum absolute atomic E-state index is 0.123. The van der Waals surface area contributed by atoms with Gasteiger partial charge in [-0.25, -0.2) is 13.6 Å². The van der Waals surface area contributed by atoms with Gasteiger partial charge in [0.25, 0.3) is 0 Å². The number of halogens is 2. The minimum Gasteiger partial charge on any atom is -0.377 e. The SMILES string of the molecule is CN(C)C(=O)N1CC(c2cc(F)ccc2F)=CC1(COCCN)c1ccccc1. The zero-order chi connectivity index (χ0) is 21.0. The van der Waals surface area contributed by atoms with E-state index >= 15 is 0 Å². The molecule has 2 amide bonds. The molecule has 7 heteroatoms. The second-order valence-corrected chi connectivity index (χ2v) is 7.19. The van der Waals surface area contributed by atoms with Gasteiger partial charge in [0.15, 0.2) is 0 Å². The van der Waals surface area contributed by atoms with Crippen LogP contribution in [0.4, 0.5) is 13.6 Å². The number of nitrogens with zero attached hydrogens (tertiary/aromatic N) is 2. The summed E-state index contributed by atoms with van der Waals surface area (Å²) >= 11 is 0. The number of hydrogen-bond acceptors (Lipinski definition) is 3. The van der Waals surface area contributed by atoms with Gasteiger partial charge < -0.3 is 20.3 Å². The van der Waals surface area contributed by atoms with Crippen LogP contribution in [0, 0.1) is 11.6 Å². The van der Waals surface area contributed by atoms with Crippen molar-refractivity contribution < 1.29 is 18.3 Å². The van der Waals surface area contributed by atoms with Crippen LogP contribution >= 0.6 is 0 Å². The van der Waals surface area contributed by atoms with Gasteiger partial charge >= 0.3 is 6.03 Å². The fourth-order valence-electron chi connectivity index (χ4n) is 3.59. The van der Waals surface area contributed by atoms with Crippen LogP contribution in [-0.2, 0) is 10.3 Å². The fourth-order valence-corrected chi connectivity index (χ4v) is 3.59. The molecule has 0 saturated heterocycles. The van der Waals surface area contributed by atoms with Crippen molar-refractivity contribution in [3.05, 3.63) is 77.4 Å². The van der Waals surface area contributed by atoms with E-state index in [2.05, 4.69) is 0 Å². The van der Waals surface area contributed by atoms with Gasteiger partial charge in [0, 0.05) is 32.7 Å². The monoisotopic (exact) mass is 401 g/mol. The largest absolute Gasteiger partial charge is 0.377 e. The molecule has 29 heavy (non-hydrogen) atoms. The number of benzene rings is 2. The Balaban J connectivity index is 2.16. The van der Waals surface area contributed by atoms with E-state index in [1.165, 1.54) is 4.90 Å². The van der Waals surface area contributed by atoms with Gasteiger partial charge in [0.05, 0.1) is 13.2 Å². The molecule has 0 radical (unpaired) electrons. The van der Waals surface area contributed by atoms with Crippen LogP contribution in [-0.4, -0.2) is 56.2 Å². The van der Waals surface area contributed by atoms with Crippen molar-refractivity contribution in [2.24, 2.45) is 5.73 Å². The number of rotatable bonds is 6. The number of hydrogen-bond donors (Lipinski definition) is 1. The number of urea groups is 1. The maximum absolute atomic E-state index is 14.5. The predicted molar refractivity (Wildman–Crippen MR) is 108 cm³/mol. The summed E-state index contributed by atoms with van der Waals surface area (Å²) in [6.07, 6.45) is 1.80. The van der Waals surface area contributed by atoms with Crippen molar-refractivity contribution in [2.75, 3.05) is 40.4 Å². The van der Waals surface area contributed by atoms with E-state index in [-0.39, 0.29) is 24.7 Å². The summed E-state index contributed by atoms with van der Waals surface area (Å²) in [5, 5.41) is 0. The minimum atomic E-state index is -0.966. The molecule has 0 aliphatic carbocycles. The fraction of sp³-hybridized carbons (Fsp3) is 0.318. The first-order chi connectivity index (χ1) is 13.9. The first-order valence-electron chi connectivity index (χ1n) is 9.38. The maximum Gasteiger partial charge on any atom is 0.320 e. The van der Waals surface area contributed by atoms with Gasteiger partial charge in [-0.05, 0) is 35.4 Å². The Morgan fingerprint density at radius 3 is 2.59 bits per heavy atom. The maximum atomic E-state index is 14.5. The van der Waals surface area contributed by atoms with Crippen molar-refractivity contribution in [3.8, 4) is 0 Å². The van der Waals surface area contributed by atoms with Crippen molar-refractivity contribution in [2.45, 2.75) is 5.54 Å². The summed E-state index contributed by atoms with van der Waals surface area (Å²) in [7, 11) is 3.30. The highest BCUT2D eigenvalue weighted by Gasteiger charge is 2.46. The zero-order valence-corrected chi connectivity index (χ0v) is 16.6. The molecule has 154 valence electrons. The summed E-state index contributed by atoms with van der Waals surface area (Å²) in [5.74, 6) is -1.08. The molecule has 1 atom stereocenters. The molecule has 0 spiro atoms. The number of carbonyl (C=O) groups is 1. The van der Waals surface area contributed by atoms with Gasteiger partial charge in [-0.15, -0.1) is 0 Å². The van der Waals surface area contributed by atoms with E-state index in [1.807, 2.05) is 30.3 Å². The molecule has 3 rings (SSSR count). The Morgan fingerprint density at radius 1 is 1.21 bits per heavy atom. The highest BCUT2D eigenvalue weighted by molar-refractivity contribution is 5.83. The summed E-state index contributed by atoms with van der Waals surface area (Å²) in [6, 6.07) is 12.5. The molecule has 2 aromatic rings. The van der Waals surface area contributed by atoms with E-state index in [9.17, 15) is 13.6 Å². The molecule has 5 nitrogen and oxygen atoms in total. The summed E-state index contributed by atoms with van der Waals surface area (Å²) in [5.41, 5.74) is 6.09. The second kappa shape index (κ2) is 8.71. The van der Waals surface area contributed by atoms with E-state index < -0.39 is 17.2 Å². The summed E-state index contributed by atoms with van der Waals surface area (Å²) in [6.45, 7) is 0.921. The van der Waals surface area contributed by atoms with Gasteiger partial charge in [0.2, 0.25) is 0 Å². The lowest BCUT2D eigenvalue weighted by atomic mass is 9.89. The molecule has 0 fully saturated rings. The lowest BCUT2D eigenvalue weighted by molar-refractivity contribution is 0.0424. The van der Waals surface area contributed by atoms with E-state index in [0.29, 0.717) is 18.7 Å². The van der Waals surface area contributed by atoms with Crippen LogP contribution < -0.4 is 5.73 Å². The van der Waals surface area contributed by atoms with E-state index in [1.54, 1.807) is 25.1 Å². The van der Waals surface area contributed by atoms with E-state index in [0.717, 1.165) is 23.8 Å². The lowest BCUT2D eigenvalue weighted by Gasteiger charge is -2.39. The van der Waals surface area contributed by atoms with Gasteiger partial charge in [-0.2, -0.15) is 0 Å². The van der Waals surface area contributed by atoms with Gasteiger partial charge in [-0.1, -0.05) is 30.3 Å². The molecule has 1 aliphatic heterocycles. The van der Waals surface area contributed by atoms with Crippen LogP contribution in [0.15, 0.2) is 54.6 Å². The Hall–Kier alpha value is -2.77. The average molecular weight is 401 g/mol. The third-order valence-corrected chi connectivity index (χ3v) is 4.97. The third kappa shape index (κ3) is 4.16. The first-order valence-corrected chi connectivity index (χ1v) is 9.38. The predicted octanol–water partition coefficient (Wildman–Crippen LogP) is 3.22. The van der Waals surface area contributed by atoms with Crippen LogP contribution in [0.2, 0.25) is 0 Å². The standard InChI is InChI=1S/C22H25F2N3O2/c1-26(2)21(28)27-14-16(19-12-18(23)8-9-20(19)24)13-22(27,15-29-11-10-25)17-6-4-3-5-7-17/h3-9,12-13H,10-11,14-15,25H2,1-2H3. The number of carbonyl (C=O) groups excluding carboxylic acids is 1. The van der Waals surface area contributed by atoms with Crippen molar-refractivity contribution in [1.82, 2.24) is 9.80 Å². The Morgan fingerprint density at radius 2 is 1.93 bits per heavy atom. The quantitative estimate of drug-likeness (QED) is 0.757. The van der Waals surface area contributed by atoms with Crippen LogP contribution in [0.5, 0.6) is 0 Å². The second-order valence-electron chi connectivity index (χ2n) is 7.19. The number of amides is 2. The van der Waals surface area contributed by atoms with Crippen LogP contribution in [0.3, 0.4) is 0 Å². The topological polar surface area (TPSA) is 58.8 Å². The van der Waals surface area contributed by atoms with Crippen LogP contribution in [0.25, 0.3) is 5.57 Å².